The fourth-order valence-corrected chi connectivity index (χ4v) is 3.05. The zero-order chi connectivity index (χ0) is 20.3. The van der Waals surface area contributed by atoms with Crippen LogP contribution >= 0.6 is 0 Å². The number of esters is 2. The normalized spacial score (nSPS) is 10.7. The smallest absolute Gasteiger partial charge is 0.357 e. The number of benzene rings is 1. The molecule has 3 aromatic rings. The maximum absolute atomic E-state index is 12.6. The van der Waals surface area contributed by atoms with Gasteiger partial charge in [0, 0.05) is 16.8 Å². The van der Waals surface area contributed by atoms with E-state index < -0.39 is 24.3 Å². The number of H-pyrrole nitrogens is 1. The van der Waals surface area contributed by atoms with E-state index in [0.717, 1.165) is 5.39 Å². The van der Waals surface area contributed by atoms with Crippen LogP contribution in [0.15, 0.2) is 36.4 Å². The summed E-state index contributed by atoms with van der Waals surface area (Å²) in [6.45, 7) is 4.74. The van der Waals surface area contributed by atoms with Crippen molar-refractivity contribution in [1.29, 1.82) is 0 Å². The van der Waals surface area contributed by atoms with Crippen molar-refractivity contribution in [3.63, 3.8) is 0 Å². The highest BCUT2D eigenvalue weighted by Crippen LogP contribution is 2.20. The molecule has 28 heavy (non-hydrogen) atoms. The van der Waals surface area contributed by atoms with E-state index in [-0.39, 0.29) is 23.4 Å². The molecule has 0 unspecified atom stereocenters. The predicted octanol–water partition coefficient (Wildman–Crippen LogP) is 3.40. The number of Topliss-reactive ketones (excluding diaryl/α,β-unsaturated/α-hetero) is 1. The third-order valence-electron chi connectivity index (χ3n) is 4.28. The number of aromatic nitrogens is 2. The summed E-state index contributed by atoms with van der Waals surface area (Å²) in [4.78, 5) is 44.3. The number of para-hydroxylation sites is 1. The van der Waals surface area contributed by atoms with Crippen molar-refractivity contribution >= 4 is 28.6 Å². The standard InChI is InChI=1S/C21H20N2O5/c1-4-27-21(26)19-13(3)22-12(2)18(19)17(24)11-28-20(25)16-10-9-14-7-5-6-8-15(14)23-16/h5-10,22H,4,11H2,1-3H3. The molecule has 0 bridgehead atoms. The lowest BCUT2D eigenvalue weighted by Crippen LogP contribution is -2.18. The van der Waals surface area contributed by atoms with Crippen LogP contribution < -0.4 is 0 Å². The van der Waals surface area contributed by atoms with Crippen LogP contribution in [-0.4, -0.2) is 40.9 Å². The summed E-state index contributed by atoms with van der Waals surface area (Å²) in [5.41, 5.74) is 2.16. The second-order valence-corrected chi connectivity index (χ2v) is 6.23. The van der Waals surface area contributed by atoms with E-state index in [2.05, 4.69) is 9.97 Å². The fourth-order valence-electron chi connectivity index (χ4n) is 3.05. The van der Waals surface area contributed by atoms with Crippen LogP contribution in [0.3, 0.4) is 0 Å². The van der Waals surface area contributed by atoms with Crippen LogP contribution in [0.25, 0.3) is 10.9 Å². The number of hydrogen-bond donors (Lipinski definition) is 1. The van der Waals surface area contributed by atoms with Gasteiger partial charge in [-0.25, -0.2) is 14.6 Å². The molecule has 1 aromatic carbocycles. The van der Waals surface area contributed by atoms with E-state index in [1.807, 2.05) is 18.2 Å². The minimum atomic E-state index is -0.707. The van der Waals surface area contributed by atoms with Gasteiger partial charge in [0.15, 0.2) is 6.61 Å². The van der Waals surface area contributed by atoms with E-state index in [4.69, 9.17) is 9.47 Å². The molecule has 0 aliphatic heterocycles. The van der Waals surface area contributed by atoms with E-state index in [1.54, 1.807) is 39.0 Å². The topological polar surface area (TPSA) is 98.4 Å². The third-order valence-corrected chi connectivity index (χ3v) is 4.28. The Labute approximate surface area is 161 Å². The molecule has 2 heterocycles. The number of carbonyl (C=O) groups is 3. The lowest BCUT2D eigenvalue weighted by Gasteiger charge is -2.07. The molecule has 0 radical (unpaired) electrons. The number of aryl methyl sites for hydroxylation is 2. The van der Waals surface area contributed by atoms with E-state index in [9.17, 15) is 14.4 Å². The molecule has 1 N–H and O–H groups in total. The second kappa shape index (κ2) is 8.04. The average molecular weight is 380 g/mol. The van der Waals surface area contributed by atoms with Crippen molar-refractivity contribution in [2.45, 2.75) is 20.8 Å². The van der Waals surface area contributed by atoms with Crippen LogP contribution in [0.2, 0.25) is 0 Å². The van der Waals surface area contributed by atoms with Gasteiger partial charge in [0.1, 0.15) is 5.69 Å². The molecule has 0 atom stereocenters. The zero-order valence-electron chi connectivity index (χ0n) is 15.9. The Morgan fingerprint density at radius 1 is 0.929 bits per heavy atom. The van der Waals surface area contributed by atoms with Crippen molar-refractivity contribution in [3.05, 3.63) is 64.6 Å². The minimum Gasteiger partial charge on any atom is -0.462 e. The Morgan fingerprint density at radius 3 is 2.39 bits per heavy atom. The average Bonchev–Trinajstić information content (AvgIpc) is 2.99. The van der Waals surface area contributed by atoms with E-state index in [0.29, 0.717) is 16.9 Å². The van der Waals surface area contributed by atoms with E-state index >= 15 is 0 Å². The number of fused-ring (bicyclic) bond motifs is 1. The quantitative estimate of drug-likeness (QED) is 0.520. The summed E-state index contributed by atoms with van der Waals surface area (Å²) in [7, 11) is 0. The van der Waals surface area contributed by atoms with Crippen LogP contribution in [0.4, 0.5) is 0 Å². The lowest BCUT2D eigenvalue weighted by molar-refractivity contribution is 0.0467. The molecule has 0 spiro atoms. The Hall–Kier alpha value is -3.48. The maximum Gasteiger partial charge on any atom is 0.357 e. The van der Waals surface area contributed by atoms with Gasteiger partial charge in [-0.15, -0.1) is 0 Å². The summed E-state index contributed by atoms with van der Waals surface area (Å²) in [6, 6.07) is 10.7. The maximum atomic E-state index is 12.6. The molecule has 2 aromatic heterocycles. The van der Waals surface area contributed by atoms with Crippen LogP contribution in [0.1, 0.15) is 49.5 Å². The van der Waals surface area contributed by atoms with Crippen molar-refractivity contribution in [2.75, 3.05) is 13.2 Å². The molecule has 0 fully saturated rings. The van der Waals surface area contributed by atoms with Gasteiger partial charge in [0.05, 0.1) is 23.3 Å². The Kier molecular flexibility index (Phi) is 5.54. The van der Waals surface area contributed by atoms with Crippen molar-refractivity contribution in [2.24, 2.45) is 0 Å². The first-order valence-corrected chi connectivity index (χ1v) is 8.84. The molecule has 7 nitrogen and oxygen atoms in total. The first-order chi connectivity index (χ1) is 13.4. The first kappa shape index (κ1) is 19.3. The fraction of sp³-hybridized carbons (Fsp3) is 0.238. The Morgan fingerprint density at radius 2 is 1.64 bits per heavy atom. The number of ketones is 1. The Balaban J connectivity index is 1.76. The number of aromatic amines is 1. The number of ether oxygens (including phenoxy) is 2. The highest BCUT2D eigenvalue weighted by atomic mass is 16.5. The SMILES string of the molecule is CCOC(=O)c1c(C)[nH]c(C)c1C(=O)COC(=O)c1ccc2ccccc2n1. The molecular weight excluding hydrogens is 360 g/mol. The van der Waals surface area contributed by atoms with Crippen LogP contribution in [0, 0.1) is 13.8 Å². The van der Waals surface area contributed by atoms with Crippen molar-refractivity contribution in [3.8, 4) is 0 Å². The van der Waals surface area contributed by atoms with E-state index in [1.165, 1.54) is 0 Å². The highest BCUT2D eigenvalue weighted by molar-refractivity contribution is 6.09. The molecule has 0 aliphatic rings. The molecule has 0 aliphatic carbocycles. The number of nitrogens with zero attached hydrogens (tertiary/aromatic N) is 1. The van der Waals surface area contributed by atoms with Gasteiger partial charge in [-0.1, -0.05) is 24.3 Å². The molecule has 0 saturated heterocycles. The summed E-state index contributed by atoms with van der Waals surface area (Å²) < 4.78 is 10.2. The number of hydrogen-bond acceptors (Lipinski definition) is 6. The summed E-state index contributed by atoms with van der Waals surface area (Å²) in [5.74, 6) is -1.78. The summed E-state index contributed by atoms with van der Waals surface area (Å²) in [6.07, 6.45) is 0. The van der Waals surface area contributed by atoms with Crippen molar-refractivity contribution < 1.29 is 23.9 Å². The van der Waals surface area contributed by atoms with Crippen LogP contribution in [-0.2, 0) is 9.47 Å². The number of nitrogens with one attached hydrogen (secondary N) is 1. The number of carbonyl (C=O) groups excluding carboxylic acids is 3. The van der Waals surface area contributed by atoms with Gasteiger partial charge in [-0.2, -0.15) is 0 Å². The largest absolute Gasteiger partial charge is 0.462 e. The second-order valence-electron chi connectivity index (χ2n) is 6.23. The van der Waals surface area contributed by atoms with Gasteiger partial charge in [-0.05, 0) is 32.9 Å². The number of rotatable bonds is 6. The molecule has 0 saturated carbocycles. The number of pyridine rings is 1. The van der Waals surface area contributed by atoms with Crippen molar-refractivity contribution in [1.82, 2.24) is 9.97 Å². The van der Waals surface area contributed by atoms with Gasteiger partial charge >= 0.3 is 11.9 Å². The van der Waals surface area contributed by atoms with Gasteiger partial charge in [-0.3, -0.25) is 4.79 Å². The third kappa shape index (κ3) is 3.78. The van der Waals surface area contributed by atoms with Crippen LogP contribution in [0.5, 0.6) is 0 Å². The monoisotopic (exact) mass is 380 g/mol. The molecule has 0 amide bonds. The summed E-state index contributed by atoms with van der Waals surface area (Å²) >= 11 is 0. The molecular formula is C21H20N2O5. The zero-order valence-corrected chi connectivity index (χ0v) is 15.9. The molecule has 7 heteroatoms. The van der Waals surface area contributed by atoms with Gasteiger partial charge < -0.3 is 14.5 Å². The summed E-state index contributed by atoms with van der Waals surface area (Å²) in [5, 5.41) is 0.896. The Bertz CT molecular complexity index is 1070. The minimum absolute atomic E-state index is 0.110. The van der Waals surface area contributed by atoms with Gasteiger partial charge in [0.2, 0.25) is 5.78 Å². The molecule has 144 valence electrons. The van der Waals surface area contributed by atoms with Gasteiger partial charge in [0.25, 0.3) is 0 Å². The first-order valence-electron chi connectivity index (χ1n) is 8.84. The highest BCUT2D eigenvalue weighted by Gasteiger charge is 2.26. The predicted molar refractivity (Wildman–Crippen MR) is 103 cm³/mol. The molecule has 3 rings (SSSR count). The lowest BCUT2D eigenvalue weighted by atomic mass is 10.1.